The second-order valence-corrected chi connectivity index (χ2v) is 7.28. The molecule has 2 aliphatic rings. The van der Waals surface area contributed by atoms with Crippen LogP contribution in [0.3, 0.4) is 0 Å². The number of rotatable bonds is 4. The SMILES string of the molecule is Cc1noc(C)c1[C@@H]1CCCN1CC(C)(C)N1CCOCC1. The average Bonchev–Trinajstić information content (AvgIpc) is 3.06. The predicted octanol–water partition coefficient (Wildman–Crippen LogP) is 2.54. The second-order valence-electron chi connectivity index (χ2n) is 7.28. The molecule has 0 bridgehead atoms. The van der Waals surface area contributed by atoms with E-state index in [1.165, 1.54) is 24.9 Å². The fourth-order valence-electron chi connectivity index (χ4n) is 4.07. The van der Waals surface area contributed by atoms with Gasteiger partial charge in [0.1, 0.15) is 5.76 Å². The van der Waals surface area contributed by atoms with Crippen LogP contribution in [0, 0.1) is 13.8 Å². The number of morpholine rings is 1. The monoisotopic (exact) mass is 307 g/mol. The molecule has 0 spiro atoms. The number of ether oxygens (including phenoxy) is 1. The number of aryl methyl sites for hydroxylation is 2. The molecule has 3 heterocycles. The van der Waals surface area contributed by atoms with Crippen LogP contribution >= 0.6 is 0 Å². The summed E-state index contributed by atoms with van der Waals surface area (Å²) in [7, 11) is 0. The highest BCUT2D eigenvalue weighted by atomic mass is 16.5. The molecular weight excluding hydrogens is 278 g/mol. The summed E-state index contributed by atoms with van der Waals surface area (Å²) in [5.74, 6) is 0.985. The fraction of sp³-hybridized carbons (Fsp3) is 0.824. The normalized spacial score (nSPS) is 25.0. The largest absolute Gasteiger partial charge is 0.379 e. The summed E-state index contributed by atoms with van der Waals surface area (Å²) in [5.41, 5.74) is 2.54. The molecule has 1 atom stereocenters. The fourth-order valence-corrected chi connectivity index (χ4v) is 4.07. The maximum atomic E-state index is 5.50. The van der Waals surface area contributed by atoms with Crippen LogP contribution in [-0.4, -0.2) is 59.9 Å². The average molecular weight is 307 g/mol. The first-order valence-corrected chi connectivity index (χ1v) is 8.48. The van der Waals surface area contributed by atoms with Crippen molar-refractivity contribution < 1.29 is 9.26 Å². The number of nitrogens with zero attached hydrogens (tertiary/aromatic N) is 3. The summed E-state index contributed by atoms with van der Waals surface area (Å²) in [6.07, 6.45) is 2.47. The summed E-state index contributed by atoms with van der Waals surface area (Å²) in [6, 6.07) is 0.464. The molecule has 0 saturated carbocycles. The minimum atomic E-state index is 0.172. The van der Waals surface area contributed by atoms with Gasteiger partial charge in [-0.1, -0.05) is 5.16 Å². The van der Waals surface area contributed by atoms with Gasteiger partial charge in [0.25, 0.3) is 0 Å². The Morgan fingerprint density at radius 2 is 1.91 bits per heavy atom. The lowest BCUT2D eigenvalue weighted by Gasteiger charge is -2.44. The molecule has 1 aromatic heterocycles. The van der Waals surface area contributed by atoms with Gasteiger partial charge in [-0.25, -0.2) is 0 Å². The lowest BCUT2D eigenvalue weighted by atomic mass is 9.98. The Bertz CT molecular complexity index is 487. The van der Waals surface area contributed by atoms with Crippen molar-refractivity contribution in [3.8, 4) is 0 Å². The minimum Gasteiger partial charge on any atom is -0.379 e. The Kier molecular flexibility index (Phi) is 4.57. The van der Waals surface area contributed by atoms with Gasteiger partial charge in [-0.05, 0) is 47.1 Å². The van der Waals surface area contributed by atoms with Gasteiger partial charge >= 0.3 is 0 Å². The van der Waals surface area contributed by atoms with Crippen molar-refractivity contribution >= 4 is 0 Å². The maximum absolute atomic E-state index is 5.50. The third-order valence-corrected chi connectivity index (χ3v) is 5.24. The number of hydrogen-bond donors (Lipinski definition) is 0. The van der Waals surface area contributed by atoms with E-state index in [1.54, 1.807) is 0 Å². The molecule has 2 aliphatic heterocycles. The van der Waals surface area contributed by atoms with E-state index >= 15 is 0 Å². The predicted molar refractivity (Wildman–Crippen MR) is 86.0 cm³/mol. The molecule has 124 valence electrons. The lowest BCUT2D eigenvalue weighted by Crippen LogP contribution is -2.55. The van der Waals surface area contributed by atoms with Crippen molar-refractivity contribution in [3.05, 3.63) is 17.0 Å². The lowest BCUT2D eigenvalue weighted by molar-refractivity contribution is -0.0231. The van der Waals surface area contributed by atoms with Crippen molar-refractivity contribution in [1.29, 1.82) is 0 Å². The summed E-state index contributed by atoms with van der Waals surface area (Å²) in [6.45, 7) is 14.9. The molecule has 3 rings (SSSR count). The third-order valence-electron chi connectivity index (χ3n) is 5.24. The standard InChI is InChI=1S/C17H29N3O2/c1-13-16(14(2)22-18-13)15-6-5-7-19(15)12-17(3,4)20-8-10-21-11-9-20/h15H,5-12H2,1-4H3/t15-/m0/s1. The van der Waals surface area contributed by atoms with Crippen LogP contribution in [0.1, 0.15) is 49.7 Å². The van der Waals surface area contributed by atoms with Crippen LogP contribution in [0.15, 0.2) is 4.52 Å². The highest BCUT2D eigenvalue weighted by Gasteiger charge is 2.36. The van der Waals surface area contributed by atoms with E-state index < -0.39 is 0 Å². The summed E-state index contributed by atoms with van der Waals surface area (Å²) < 4.78 is 10.9. The van der Waals surface area contributed by atoms with Crippen LogP contribution in [-0.2, 0) is 4.74 Å². The summed E-state index contributed by atoms with van der Waals surface area (Å²) in [5, 5.41) is 4.15. The van der Waals surface area contributed by atoms with Crippen LogP contribution in [0.2, 0.25) is 0 Å². The molecule has 0 amide bonds. The van der Waals surface area contributed by atoms with Crippen molar-refractivity contribution in [2.24, 2.45) is 0 Å². The molecule has 0 radical (unpaired) electrons. The maximum Gasteiger partial charge on any atom is 0.138 e. The first-order chi connectivity index (χ1) is 10.5. The second kappa shape index (κ2) is 6.30. The van der Waals surface area contributed by atoms with Crippen LogP contribution in [0.25, 0.3) is 0 Å². The molecule has 5 heteroatoms. The van der Waals surface area contributed by atoms with E-state index in [2.05, 4.69) is 35.7 Å². The van der Waals surface area contributed by atoms with Crippen molar-refractivity contribution in [2.45, 2.75) is 52.1 Å². The number of likely N-dealkylation sites (tertiary alicyclic amines) is 1. The molecule has 5 nitrogen and oxygen atoms in total. The summed E-state index contributed by atoms with van der Waals surface area (Å²) in [4.78, 5) is 5.20. The van der Waals surface area contributed by atoms with E-state index in [9.17, 15) is 0 Å². The van der Waals surface area contributed by atoms with Crippen LogP contribution in [0.4, 0.5) is 0 Å². The van der Waals surface area contributed by atoms with E-state index in [0.29, 0.717) is 6.04 Å². The van der Waals surface area contributed by atoms with E-state index in [4.69, 9.17) is 9.26 Å². The van der Waals surface area contributed by atoms with Crippen molar-refractivity contribution in [3.63, 3.8) is 0 Å². The van der Waals surface area contributed by atoms with E-state index in [0.717, 1.165) is 44.3 Å². The molecule has 2 fully saturated rings. The molecule has 0 aliphatic carbocycles. The van der Waals surface area contributed by atoms with Crippen LogP contribution in [0.5, 0.6) is 0 Å². The zero-order valence-corrected chi connectivity index (χ0v) is 14.4. The van der Waals surface area contributed by atoms with Gasteiger partial charge in [-0.15, -0.1) is 0 Å². The van der Waals surface area contributed by atoms with E-state index in [-0.39, 0.29) is 5.54 Å². The Morgan fingerprint density at radius 1 is 1.18 bits per heavy atom. The molecule has 0 unspecified atom stereocenters. The summed E-state index contributed by atoms with van der Waals surface area (Å²) >= 11 is 0. The number of aromatic nitrogens is 1. The Balaban J connectivity index is 1.73. The molecule has 0 aromatic carbocycles. The Labute approximate surface area is 133 Å². The van der Waals surface area contributed by atoms with Gasteiger partial charge in [-0.2, -0.15) is 0 Å². The van der Waals surface area contributed by atoms with Gasteiger partial charge in [0.2, 0.25) is 0 Å². The van der Waals surface area contributed by atoms with Gasteiger partial charge < -0.3 is 9.26 Å². The minimum absolute atomic E-state index is 0.172. The number of hydrogen-bond acceptors (Lipinski definition) is 5. The topological polar surface area (TPSA) is 41.7 Å². The van der Waals surface area contributed by atoms with Gasteiger partial charge in [-0.3, -0.25) is 9.80 Å². The molecule has 1 aromatic rings. The highest BCUT2D eigenvalue weighted by Crippen LogP contribution is 2.37. The first-order valence-electron chi connectivity index (χ1n) is 8.48. The zero-order valence-electron chi connectivity index (χ0n) is 14.4. The van der Waals surface area contributed by atoms with Crippen molar-refractivity contribution in [2.75, 3.05) is 39.4 Å². The van der Waals surface area contributed by atoms with Gasteiger partial charge in [0, 0.05) is 36.8 Å². The Morgan fingerprint density at radius 3 is 2.55 bits per heavy atom. The third kappa shape index (κ3) is 3.07. The van der Waals surface area contributed by atoms with E-state index in [1.807, 2.05) is 6.92 Å². The molecule has 2 saturated heterocycles. The molecular formula is C17H29N3O2. The van der Waals surface area contributed by atoms with Crippen molar-refractivity contribution in [1.82, 2.24) is 15.0 Å². The quantitative estimate of drug-likeness (QED) is 0.855. The molecule has 22 heavy (non-hydrogen) atoms. The zero-order chi connectivity index (χ0) is 15.7. The Hall–Kier alpha value is -0.910. The highest BCUT2D eigenvalue weighted by molar-refractivity contribution is 5.26. The molecule has 0 N–H and O–H groups in total. The first kappa shape index (κ1) is 16.0. The van der Waals surface area contributed by atoms with Gasteiger partial charge in [0.05, 0.1) is 18.9 Å². The van der Waals surface area contributed by atoms with Gasteiger partial charge in [0.15, 0.2) is 0 Å². The smallest absolute Gasteiger partial charge is 0.138 e. The van der Waals surface area contributed by atoms with Crippen LogP contribution < -0.4 is 0 Å².